The highest BCUT2D eigenvalue weighted by Gasteiger charge is 2.09. The maximum absolute atomic E-state index is 10.4. The minimum absolute atomic E-state index is 0.0122. The van der Waals surface area contributed by atoms with Crippen molar-refractivity contribution in [2.75, 3.05) is 11.5 Å². The van der Waals surface area contributed by atoms with Crippen LogP contribution in [0, 0.1) is 6.92 Å². The van der Waals surface area contributed by atoms with Crippen LogP contribution in [-0.4, -0.2) is 21.0 Å². The van der Waals surface area contributed by atoms with Gasteiger partial charge >= 0.3 is 5.97 Å². The normalized spacial score (nSPS) is 10.1. The van der Waals surface area contributed by atoms with Crippen LogP contribution >= 0.6 is 0 Å². The van der Waals surface area contributed by atoms with Gasteiger partial charge in [-0.1, -0.05) is 0 Å². The summed E-state index contributed by atoms with van der Waals surface area (Å²) in [6, 6.07) is 0. The Labute approximate surface area is 81.0 Å². The molecule has 0 atom stereocenters. The number of carbonyl (C=O) groups is 1. The van der Waals surface area contributed by atoms with Crippen molar-refractivity contribution >= 4 is 17.7 Å². The predicted octanol–water partition coefficient (Wildman–Crippen LogP) is -0.0334. The van der Waals surface area contributed by atoms with Crippen molar-refractivity contribution in [3.05, 3.63) is 11.3 Å². The van der Waals surface area contributed by atoms with Gasteiger partial charge in [0.25, 0.3) is 0 Å². The molecule has 0 fully saturated rings. The monoisotopic (exact) mass is 196 g/mol. The summed E-state index contributed by atoms with van der Waals surface area (Å²) in [5, 5.41) is 8.50. The molecule has 0 saturated carbocycles. The van der Waals surface area contributed by atoms with Gasteiger partial charge in [-0.25, -0.2) is 4.98 Å². The van der Waals surface area contributed by atoms with Crippen molar-refractivity contribution in [2.24, 2.45) is 0 Å². The third kappa shape index (κ3) is 2.32. The van der Waals surface area contributed by atoms with Crippen LogP contribution < -0.4 is 11.5 Å². The molecule has 5 N–H and O–H groups in total. The highest BCUT2D eigenvalue weighted by Crippen LogP contribution is 2.15. The number of nitrogens with zero attached hydrogens (tertiary/aromatic N) is 2. The third-order valence-electron chi connectivity index (χ3n) is 1.85. The molecule has 0 aromatic carbocycles. The molecular weight excluding hydrogens is 184 g/mol. The molecule has 0 radical (unpaired) electrons. The van der Waals surface area contributed by atoms with Crippen LogP contribution in [0.1, 0.15) is 17.7 Å². The molecule has 1 heterocycles. The molecule has 0 bridgehead atoms. The number of rotatable bonds is 3. The maximum atomic E-state index is 10.4. The van der Waals surface area contributed by atoms with Gasteiger partial charge in [-0.3, -0.25) is 4.79 Å². The van der Waals surface area contributed by atoms with E-state index in [9.17, 15) is 4.79 Å². The Morgan fingerprint density at radius 1 is 1.43 bits per heavy atom. The zero-order valence-electron chi connectivity index (χ0n) is 7.82. The number of hydrogen-bond acceptors (Lipinski definition) is 5. The lowest BCUT2D eigenvalue weighted by molar-refractivity contribution is -0.136. The highest BCUT2D eigenvalue weighted by molar-refractivity contribution is 5.67. The van der Waals surface area contributed by atoms with Crippen molar-refractivity contribution in [3.8, 4) is 0 Å². The van der Waals surface area contributed by atoms with Crippen LogP contribution in [0.15, 0.2) is 0 Å². The Balaban J connectivity index is 2.91. The Hall–Kier alpha value is -1.85. The van der Waals surface area contributed by atoms with E-state index in [2.05, 4.69) is 9.97 Å². The van der Waals surface area contributed by atoms with E-state index in [4.69, 9.17) is 16.6 Å². The molecular formula is C8H12N4O2. The fraction of sp³-hybridized carbons (Fsp3) is 0.375. The molecule has 0 aliphatic carbocycles. The summed E-state index contributed by atoms with van der Waals surface area (Å²) in [5.74, 6) is -0.504. The molecule has 1 aromatic rings. The molecule has 0 spiro atoms. The Bertz CT molecular complexity index is 341. The summed E-state index contributed by atoms with van der Waals surface area (Å²) in [7, 11) is 0. The predicted molar refractivity (Wildman–Crippen MR) is 51.6 cm³/mol. The van der Waals surface area contributed by atoms with E-state index in [-0.39, 0.29) is 18.2 Å². The second-order valence-corrected chi connectivity index (χ2v) is 2.92. The van der Waals surface area contributed by atoms with Gasteiger partial charge in [0, 0.05) is 17.7 Å². The second-order valence-electron chi connectivity index (χ2n) is 2.92. The van der Waals surface area contributed by atoms with Crippen LogP contribution in [0.5, 0.6) is 0 Å². The zero-order valence-corrected chi connectivity index (χ0v) is 7.82. The Morgan fingerprint density at radius 3 is 2.57 bits per heavy atom. The average Bonchev–Trinajstić information content (AvgIpc) is 2.01. The van der Waals surface area contributed by atoms with Crippen molar-refractivity contribution in [2.45, 2.75) is 19.8 Å². The summed E-state index contributed by atoms with van der Waals surface area (Å²) >= 11 is 0. The number of aromatic nitrogens is 2. The van der Waals surface area contributed by atoms with Crippen LogP contribution in [-0.2, 0) is 11.2 Å². The first-order valence-corrected chi connectivity index (χ1v) is 4.11. The third-order valence-corrected chi connectivity index (χ3v) is 1.85. The van der Waals surface area contributed by atoms with Gasteiger partial charge in [0.05, 0.1) is 0 Å². The van der Waals surface area contributed by atoms with E-state index in [0.717, 1.165) is 0 Å². The second kappa shape index (κ2) is 3.91. The summed E-state index contributed by atoms with van der Waals surface area (Å²) in [6.07, 6.45) is 0.339. The van der Waals surface area contributed by atoms with Gasteiger partial charge in [-0.2, -0.15) is 4.98 Å². The Morgan fingerprint density at radius 2 is 2.07 bits per heavy atom. The highest BCUT2D eigenvalue weighted by atomic mass is 16.4. The first-order valence-electron chi connectivity index (χ1n) is 4.11. The number of anilines is 2. The molecule has 0 aliphatic heterocycles. The van der Waals surface area contributed by atoms with Gasteiger partial charge in [0.2, 0.25) is 5.95 Å². The van der Waals surface area contributed by atoms with E-state index < -0.39 is 5.97 Å². The van der Waals surface area contributed by atoms with E-state index in [1.165, 1.54) is 0 Å². The summed E-state index contributed by atoms with van der Waals surface area (Å²) < 4.78 is 0. The summed E-state index contributed by atoms with van der Waals surface area (Å²) in [6.45, 7) is 1.73. The number of nitrogen functional groups attached to an aromatic ring is 2. The van der Waals surface area contributed by atoms with Crippen molar-refractivity contribution in [1.82, 2.24) is 9.97 Å². The first-order chi connectivity index (χ1) is 6.50. The fourth-order valence-electron chi connectivity index (χ4n) is 1.18. The van der Waals surface area contributed by atoms with Crippen LogP contribution in [0.4, 0.5) is 11.8 Å². The average molecular weight is 196 g/mol. The SMILES string of the molecule is Cc1nc(N)nc(N)c1CCC(=O)O. The molecule has 0 amide bonds. The first kappa shape index (κ1) is 10.2. The number of aliphatic carboxylic acids is 1. The molecule has 14 heavy (non-hydrogen) atoms. The number of carboxylic acid groups (broad SMARTS) is 1. The molecule has 1 aromatic heterocycles. The van der Waals surface area contributed by atoms with Crippen molar-refractivity contribution < 1.29 is 9.90 Å². The fourth-order valence-corrected chi connectivity index (χ4v) is 1.18. The largest absolute Gasteiger partial charge is 0.481 e. The quantitative estimate of drug-likeness (QED) is 0.625. The van der Waals surface area contributed by atoms with Gasteiger partial charge in [-0.15, -0.1) is 0 Å². The molecule has 1 rings (SSSR count). The smallest absolute Gasteiger partial charge is 0.303 e. The standard InChI is InChI=1S/C8H12N4O2/c1-4-5(2-3-6(13)14)7(9)12-8(10)11-4/h2-3H2,1H3,(H,13,14)(H4,9,10,11,12). The summed E-state index contributed by atoms with van der Waals surface area (Å²) in [4.78, 5) is 18.0. The Kier molecular flexibility index (Phi) is 2.85. The minimum Gasteiger partial charge on any atom is -0.481 e. The van der Waals surface area contributed by atoms with E-state index >= 15 is 0 Å². The molecule has 76 valence electrons. The van der Waals surface area contributed by atoms with Gasteiger partial charge in [0.15, 0.2) is 0 Å². The van der Waals surface area contributed by atoms with Crippen molar-refractivity contribution in [3.63, 3.8) is 0 Å². The zero-order chi connectivity index (χ0) is 10.7. The summed E-state index contributed by atoms with van der Waals surface area (Å²) in [5.41, 5.74) is 12.2. The van der Waals surface area contributed by atoms with Gasteiger partial charge in [-0.05, 0) is 13.3 Å². The van der Waals surface area contributed by atoms with Crippen LogP contribution in [0.2, 0.25) is 0 Å². The molecule has 0 aliphatic rings. The van der Waals surface area contributed by atoms with E-state index in [1.54, 1.807) is 6.92 Å². The maximum Gasteiger partial charge on any atom is 0.303 e. The number of nitrogens with two attached hydrogens (primary N) is 2. The van der Waals surface area contributed by atoms with Crippen molar-refractivity contribution in [1.29, 1.82) is 0 Å². The molecule has 0 saturated heterocycles. The van der Waals surface area contributed by atoms with Crippen LogP contribution in [0.25, 0.3) is 0 Å². The van der Waals surface area contributed by atoms with Gasteiger partial charge < -0.3 is 16.6 Å². The van der Waals surface area contributed by atoms with E-state index in [0.29, 0.717) is 17.7 Å². The van der Waals surface area contributed by atoms with E-state index in [1.807, 2.05) is 0 Å². The lowest BCUT2D eigenvalue weighted by Crippen LogP contribution is -2.08. The van der Waals surface area contributed by atoms with Gasteiger partial charge in [0.1, 0.15) is 5.82 Å². The molecule has 6 nitrogen and oxygen atoms in total. The topological polar surface area (TPSA) is 115 Å². The van der Waals surface area contributed by atoms with Crippen LogP contribution in [0.3, 0.4) is 0 Å². The number of aryl methyl sites for hydroxylation is 1. The molecule has 6 heteroatoms. The molecule has 0 unspecified atom stereocenters. The number of hydrogen-bond donors (Lipinski definition) is 3. The lowest BCUT2D eigenvalue weighted by Gasteiger charge is -2.06. The number of carboxylic acids is 1. The lowest BCUT2D eigenvalue weighted by atomic mass is 10.1. The minimum atomic E-state index is -0.874.